The minimum Gasteiger partial charge on any atom is -0.463 e. The third-order valence-corrected chi connectivity index (χ3v) is 4.62. The third kappa shape index (κ3) is 4.54. The normalized spacial score (nSPS) is 18.4. The number of hydrogen-bond donors (Lipinski definition) is 1. The predicted octanol–water partition coefficient (Wildman–Crippen LogP) is 2.70. The van der Waals surface area contributed by atoms with Gasteiger partial charge in [-0.25, -0.2) is 15.0 Å². The first-order chi connectivity index (χ1) is 13.0. The van der Waals surface area contributed by atoms with Crippen molar-refractivity contribution in [1.29, 1.82) is 0 Å². The Balaban J connectivity index is 1.74. The Morgan fingerprint density at radius 3 is 2.93 bits per heavy atom. The van der Waals surface area contributed by atoms with Gasteiger partial charge >= 0.3 is 0 Å². The lowest BCUT2D eigenvalue weighted by Gasteiger charge is -2.25. The predicted molar refractivity (Wildman–Crippen MR) is 107 cm³/mol. The number of nitrogens with zero attached hydrogens (tertiary/aromatic N) is 3. The second-order valence-corrected chi connectivity index (χ2v) is 6.98. The SMILES string of the molecule is C#CCOc1cnc(C(=O)Cc2cccc([C@]3(C)C=CSC(N)=N3)c2)cn1. The summed E-state index contributed by atoms with van der Waals surface area (Å²) in [6.45, 7) is 2.09. The molecule has 0 unspecified atom stereocenters. The quantitative estimate of drug-likeness (QED) is 0.614. The van der Waals surface area contributed by atoms with E-state index in [1.165, 1.54) is 24.2 Å². The van der Waals surface area contributed by atoms with Crippen LogP contribution in [0.25, 0.3) is 0 Å². The van der Waals surface area contributed by atoms with Gasteiger partial charge in [0.15, 0.2) is 17.6 Å². The first-order valence-corrected chi connectivity index (χ1v) is 9.09. The highest BCUT2D eigenvalue weighted by molar-refractivity contribution is 8.16. The van der Waals surface area contributed by atoms with Gasteiger partial charge in [-0.1, -0.05) is 41.9 Å². The van der Waals surface area contributed by atoms with Crippen molar-refractivity contribution >= 4 is 22.7 Å². The van der Waals surface area contributed by atoms with E-state index in [1.54, 1.807) is 0 Å². The largest absolute Gasteiger partial charge is 0.463 e. The standard InChI is InChI=1S/C20H18N4O2S/c1-3-8-26-18-13-22-16(12-23-18)17(25)11-14-5-4-6-15(10-14)20(2)7-9-27-19(21)24-20/h1,4-7,9-10,12-13H,8,11H2,2H3,(H2,21,24)/t20-/m0/s1. The van der Waals surface area contributed by atoms with Gasteiger partial charge in [-0.15, -0.1) is 6.42 Å². The number of ketones is 1. The van der Waals surface area contributed by atoms with Crippen molar-refractivity contribution < 1.29 is 9.53 Å². The Morgan fingerprint density at radius 2 is 2.22 bits per heavy atom. The van der Waals surface area contributed by atoms with Gasteiger partial charge in [0.1, 0.15) is 11.2 Å². The maximum Gasteiger partial charge on any atom is 0.233 e. The molecule has 3 rings (SSSR count). The van der Waals surface area contributed by atoms with Crippen molar-refractivity contribution in [1.82, 2.24) is 9.97 Å². The van der Waals surface area contributed by atoms with Crippen LogP contribution in [-0.4, -0.2) is 27.5 Å². The zero-order valence-corrected chi connectivity index (χ0v) is 15.6. The number of terminal acetylenes is 1. The van der Waals surface area contributed by atoms with Gasteiger partial charge in [0.05, 0.1) is 12.4 Å². The van der Waals surface area contributed by atoms with Crippen LogP contribution in [0.2, 0.25) is 0 Å². The molecule has 0 saturated heterocycles. The molecule has 0 aliphatic carbocycles. The molecule has 1 aliphatic heterocycles. The lowest BCUT2D eigenvalue weighted by Crippen LogP contribution is -2.23. The number of carbonyl (C=O) groups excluding carboxylic acids is 1. The summed E-state index contributed by atoms with van der Waals surface area (Å²) < 4.78 is 5.16. The molecule has 0 saturated carbocycles. The zero-order valence-electron chi connectivity index (χ0n) is 14.8. The van der Waals surface area contributed by atoms with Crippen molar-refractivity contribution in [3.63, 3.8) is 0 Å². The van der Waals surface area contributed by atoms with E-state index in [9.17, 15) is 4.79 Å². The van der Waals surface area contributed by atoms with Crippen LogP contribution in [0.1, 0.15) is 28.5 Å². The molecule has 2 aromatic rings. The van der Waals surface area contributed by atoms with E-state index in [2.05, 4.69) is 20.9 Å². The van der Waals surface area contributed by atoms with Gasteiger partial charge in [0.2, 0.25) is 5.88 Å². The number of benzene rings is 1. The molecule has 0 bridgehead atoms. The average Bonchev–Trinajstić information content (AvgIpc) is 2.67. The summed E-state index contributed by atoms with van der Waals surface area (Å²) in [5.74, 6) is 2.50. The van der Waals surface area contributed by atoms with E-state index in [-0.39, 0.29) is 30.4 Å². The molecule has 0 radical (unpaired) electrons. The summed E-state index contributed by atoms with van der Waals surface area (Å²) in [6.07, 6.45) is 10.1. The van der Waals surface area contributed by atoms with E-state index >= 15 is 0 Å². The number of nitrogens with two attached hydrogens (primary N) is 1. The summed E-state index contributed by atoms with van der Waals surface area (Å²) in [5.41, 5.74) is 7.43. The molecular formula is C20H18N4O2S. The lowest BCUT2D eigenvalue weighted by atomic mass is 9.90. The molecule has 6 nitrogen and oxygen atoms in total. The Bertz CT molecular complexity index is 947. The van der Waals surface area contributed by atoms with Crippen LogP contribution in [0.4, 0.5) is 0 Å². The molecule has 7 heteroatoms. The minimum atomic E-state index is -0.537. The minimum absolute atomic E-state index is 0.105. The summed E-state index contributed by atoms with van der Waals surface area (Å²) in [5, 5.41) is 2.45. The monoisotopic (exact) mass is 378 g/mol. The second-order valence-electron chi connectivity index (χ2n) is 6.05. The molecule has 27 heavy (non-hydrogen) atoms. The van der Waals surface area contributed by atoms with Crippen molar-refractivity contribution in [3.8, 4) is 18.2 Å². The third-order valence-electron chi connectivity index (χ3n) is 4.02. The Kier molecular flexibility index (Phi) is 5.57. The Labute approximate surface area is 162 Å². The number of ether oxygens (including phenoxy) is 1. The van der Waals surface area contributed by atoms with E-state index in [1.807, 2.05) is 42.7 Å². The first kappa shape index (κ1) is 18.7. The highest BCUT2D eigenvalue weighted by Crippen LogP contribution is 2.32. The fraction of sp³-hybridized carbons (Fsp3) is 0.200. The summed E-state index contributed by atoms with van der Waals surface area (Å²) >= 11 is 1.39. The maximum atomic E-state index is 12.5. The van der Waals surface area contributed by atoms with Crippen LogP contribution < -0.4 is 10.5 Å². The molecule has 0 fully saturated rings. The van der Waals surface area contributed by atoms with E-state index in [4.69, 9.17) is 16.9 Å². The molecule has 1 aliphatic rings. The number of hydrogen-bond acceptors (Lipinski definition) is 7. The summed E-state index contributed by atoms with van der Waals surface area (Å²) in [7, 11) is 0. The van der Waals surface area contributed by atoms with Crippen molar-refractivity contribution in [3.05, 3.63) is 65.0 Å². The van der Waals surface area contributed by atoms with Crippen LogP contribution in [-0.2, 0) is 12.0 Å². The van der Waals surface area contributed by atoms with E-state index < -0.39 is 5.54 Å². The number of carbonyl (C=O) groups is 1. The highest BCUT2D eigenvalue weighted by atomic mass is 32.2. The number of Topliss-reactive ketones (excluding diaryl/α,β-unsaturated/α-hetero) is 1. The van der Waals surface area contributed by atoms with Gasteiger partial charge in [-0.05, 0) is 29.5 Å². The average molecular weight is 378 g/mol. The second kappa shape index (κ2) is 8.06. The van der Waals surface area contributed by atoms with Crippen LogP contribution >= 0.6 is 11.8 Å². The van der Waals surface area contributed by atoms with E-state index in [0.717, 1.165) is 11.1 Å². The molecule has 2 heterocycles. The number of thioether (sulfide) groups is 1. The van der Waals surface area contributed by atoms with Crippen molar-refractivity contribution in [2.45, 2.75) is 18.9 Å². The number of amidine groups is 1. The number of aliphatic imine (C=N–C) groups is 1. The fourth-order valence-electron chi connectivity index (χ4n) is 2.61. The van der Waals surface area contributed by atoms with Crippen LogP contribution in [0.5, 0.6) is 5.88 Å². The fourth-order valence-corrected chi connectivity index (χ4v) is 3.33. The number of aromatic nitrogens is 2. The molecule has 0 amide bonds. The van der Waals surface area contributed by atoms with Crippen LogP contribution in [0.3, 0.4) is 0 Å². The summed E-state index contributed by atoms with van der Waals surface area (Å²) in [4.78, 5) is 25.2. The van der Waals surface area contributed by atoms with Gasteiger partial charge in [-0.2, -0.15) is 0 Å². The van der Waals surface area contributed by atoms with Crippen molar-refractivity contribution in [2.24, 2.45) is 10.7 Å². The molecule has 1 aromatic carbocycles. The van der Waals surface area contributed by atoms with Gasteiger partial charge in [-0.3, -0.25) is 4.79 Å². The van der Waals surface area contributed by atoms with Crippen LogP contribution in [0.15, 0.2) is 53.1 Å². The first-order valence-electron chi connectivity index (χ1n) is 8.21. The zero-order chi connectivity index (χ0) is 19.3. The maximum absolute atomic E-state index is 12.5. The van der Waals surface area contributed by atoms with E-state index in [0.29, 0.717) is 5.17 Å². The molecule has 1 aromatic heterocycles. The Hall–Kier alpha value is -3.11. The molecular weight excluding hydrogens is 360 g/mol. The molecule has 2 N–H and O–H groups in total. The summed E-state index contributed by atoms with van der Waals surface area (Å²) in [6, 6.07) is 7.75. The van der Waals surface area contributed by atoms with Gasteiger partial charge in [0, 0.05) is 6.42 Å². The molecule has 0 spiro atoms. The van der Waals surface area contributed by atoms with Gasteiger partial charge in [0.25, 0.3) is 0 Å². The lowest BCUT2D eigenvalue weighted by molar-refractivity contribution is 0.0987. The smallest absolute Gasteiger partial charge is 0.233 e. The van der Waals surface area contributed by atoms with Crippen molar-refractivity contribution in [2.75, 3.05) is 6.61 Å². The van der Waals surface area contributed by atoms with Crippen LogP contribution in [0, 0.1) is 12.3 Å². The van der Waals surface area contributed by atoms with Gasteiger partial charge < -0.3 is 10.5 Å². The number of rotatable bonds is 6. The molecule has 1 atom stereocenters. The topological polar surface area (TPSA) is 90.5 Å². The highest BCUT2D eigenvalue weighted by Gasteiger charge is 2.26. The molecule has 136 valence electrons. The Morgan fingerprint density at radius 1 is 1.37 bits per heavy atom.